The van der Waals surface area contributed by atoms with Gasteiger partial charge in [0.1, 0.15) is 11.4 Å². The number of hydrogen-bond donors (Lipinski definition) is 2. The van der Waals surface area contributed by atoms with E-state index < -0.39 is 5.60 Å². The molecule has 0 amide bonds. The number of β-amino-alcohol motifs (C(OH)–C–C–N with tert-alkyl or cyclic N) is 1. The Kier molecular flexibility index (Phi) is 4.69. The Morgan fingerprint density at radius 2 is 2.08 bits per heavy atom. The first-order valence-corrected chi connectivity index (χ1v) is 9.33. The molecule has 0 aliphatic carbocycles. The van der Waals surface area contributed by atoms with Crippen molar-refractivity contribution in [1.82, 2.24) is 14.6 Å². The van der Waals surface area contributed by atoms with Crippen molar-refractivity contribution in [2.75, 3.05) is 63.9 Å². The van der Waals surface area contributed by atoms with Crippen molar-refractivity contribution in [2.45, 2.75) is 5.60 Å². The lowest BCUT2D eigenvalue weighted by atomic mass is 10.0. The van der Waals surface area contributed by atoms with Crippen LogP contribution in [0.1, 0.15) is 0 Å². The van der Waals surface area contributed by atoms with Gasteiger partial charge in [-0.05, 0) is 23.7 Å². The average molecular weight is 348 g/mol. The zero-order valence-electron chi connectivity index (χ0n) is 13.8. The summed E-state index contributed by atoms with van der Waals surface area (Å²) < 4.78 is 11.4. The molecule has 1 aromatic heterocycles. The molecule has 3 heterocycles. The van der Waals surface area contributed by atoms with Crippen molar-refractivity contribution in [2.24, 2.45) is 0 Å². The van der Waals surface area contributed by atoms with E-state index in [2.05, 4.69) is 43.8 Å². The van der Waals surface area contributed by atoms with Gasteiger partial charge in [-0.15, -0.1) is 0 Å². The first-order chi connectivity index (χ1) is 11.7. The molecule has 0 radical (unpaired) electrons. The number of benzene rings is 1. The molecule has 0 saturated carbocycles. The molecule has 7 heteroatoms. The van der Waals surface area contributed by atoms with E-state index >= 15 is 0 Å². The Hall–Kier alpha value is -1.25. The number of aromatic nitrogens is 1. The normalized spacial score (nSPS) is 26.6. The third kappa shape index (κ3) is 3.41. The van der Waals surface area contributed by atoms with Crippen molar-refractivity contribution in [3.8, 4) is 0 Å². The first kappa shape index (κ1) is 16.2. The van der Waals surface area contributed by atoms with Gasteiger partial charge in [0.15, 0.2) is 0 Å². The van der Waals surface area contributed by atoms with E-state index in [9.17, 15) is 5.11 Å². The third-order valence-corrected chi connectivity index (χ3v) is 5.61. The minimum atomic E-state index is -0.786. The van der Waals surface area contributed by atoms with Gasteiger partial charge in [0, 0.05) is 51.2 Å². The van der Waals surface area contributed by atoms with Crippen molar-refractivity contribution in [1.29, 1.82) is 0 Å². The monoisotopic (exact) mass is 348 g/mol. The molecule has 2 aliphatic rings. The van der Waals surface area contributed by atoms with E-state index in [1.54, 1.807) is 11.5 Å². The summed E-state index contributed by atoms with van der Waals surface area (Å²) in [5.41, 5.74) is -0.786. The number of hydrogen-bond acceptors (Lipinski definition) is 7. The molecule has 2 aromatic rings. The molecule has 1 atom stereocenters. The summed E-state index contributed by atoms with van der Waals surface area (Å²) in [7, 11) is 0. The molecule has 130 valence electrons. The quantitative estimate of drug-likeness (QED) is 0.854. The van der Waals surface area contributed by atoms with Gasteiger partial charge in [-0.1, -0.05) is 12.1 Å². The van der Waals surface area contributed by atoms with Gasteiger partial charge in [0.2, 0.25) is 0 Å². The molecule has 4 rings (SSSR count). The second kappa shape index (κ2) is 6.93. The number of piperazine rings is 1. The SMILES string of the molecule is O[C@]1(CN2CCN(c3nsc4ccccc34)CC2)CNCCOC1. The molecule has 2 saturated heterocycles. The number of aliphatic hydroxyl groups is 1. The Balaban J connectivity index is 1.38. The van der Waals surface area contributed by atoms with Crippen molar-refractivity contribution < 1.29 is 9.84 Å². The number of nitrogens with one attached hydrogen (secondary N) is 1. The zero-order valence-corrected chi connectivity index (χ0v) is 14.6. The summed E-state index contributed by atoms with van der Waals surface area (Å²) in [5, 5.41) is 15.2. The Bertz CT molecular complexity index is 676. The van der Waals surface area contributed by atoms with Crippen LogP contribution in [0.4, 0.5) is 5.82 Å². The first-order valence-electron chi connectivity index (χ1n) is 8.56. The van der Waals surface area contributed by atoms with Crippen molar-refractivity contribution >= 4 is 27.4 Å². The van der Waals surface area contributed by atoms with Crippen molar-refractivity contribution in [3.05, 3.63) is 24.3 Å². The standard InChI is InChI=1S/C17H24N4O2S/c22-17(11-18-5-10-23-13-17)12-20-6-8-21(9-7-20)16-14-3-1-2-4-15(14)24-19-16/h1-4,18,22H,5-13H2/t17-/m0/s1. The summed E-state index contributed by atoms with van der Waals surface area (Å²) in [5.74, 6) is 1.11. The van der Waals surface area contributed by atoms with E-state index in [0.717, 1.165) is 38.5 Å². The van der Waals surface area contributed by atoms with Crippen LogP contribution < -0.4 is 10.2 Å². The number of ether oxygens (including phenoxy) is 1. The van der Waals surface area contributed by atoms with Crippen LogP contribution in [0, 0.1) is 0 Å². The smallest absolute Gasteiger partial charge is 0.150 e. The Labute approximate surface area is 146 Å². The molecule has 0 spiro atoms. The van der Waals surface area contributed by atoms with Crippen LogP contribution in [0.15, 0.2) is 24.3 Å². The molecule has 24 heavy (non-hydrogen) atoms. The molecule has 6 nitrogen and oxygen atoms in total. The summed E-state index contributed by atoms with van der Waals surface area (Å²) in [6.45, 7) is 6.92. The van der Waals surface area contributed by atoms with Crippen LogP contribution in [-0.2, 0) is 4.74 Å². The summed E-state index contributed by atoms with van der Waals surface area (Å²) >= 11 is 1.57. The second-order valence-corrected chi connectivity index (χ2v) is 7.52. The van der Waals surface area contributed by atoms with Crippen LogP contribution in [0.5, 0.6) is 0 Å². The van der Waals surface area contributed by atoms with Gasteiger partial charge in [-0.2, -0.15) is 4.37 Å². The lowest BCUT2D eigenvalue weighted by Crippen LogP contribution is -2.56. The molecular weight excluding hydrogens is 324 g/mol. The fourth-order valence-electron chi connectivity index (χ4n) is 3.51. The lowest BCUT2D eigenvalue weighted by molar-refractivity contribution is -0.0495. The van der Waals surface area contributed by atoms with Gasteiger partial charge < -0.3 is 20.1 Å². The summed E-state index contributed by atoms with van der Waals surface area (Å²) in [4.78, 5) is 4.70. The van der Waals surface area contributed by atoms with Crippen molar-refractivity contribution in [3.63, 3.8) is 0 Å². The predicted octanol–water partition coefficient (Wildman–Crippen LogP) is 0.769. The Morgan fingerprint density at radius 3 is 2.96 bits per heavy atom. The van der Waals surface area contributed by atoms with Gasteiger partial charge >= 0.3 is 0 Å². The van der Waals surface area contributed by atoms with E-state index in [1.807, 2.05) is 0 Å². The molecule has 1 aromatic carbocycles. The molecule has 0 unspecified atom stereocenters. The van der Waals surface area contributed by atoms with E-state index in [0.29, 0.717) is 26.3 Å². The maximum absolute atomic E-state index is 10.7. The lowest BCUT2D eigenvalue weighted by Gasteiger charge is -2.39. The highest BCUT2D eigenvalue weighted by Gasteiger charge is 2.32. The van der Waals surface area contributed by atoms with Crippen LogP contribution in [0.25, 0.3) is 10.1 Å². The van der Waals surface area contributed by atoms with Gasteiger partial charge in [0.05, 0.1) is 17.9 Å². The van der Waals surface area contributed by atoms with E-state index in [-0.39, 0.29) is 0 Å². The van der Waals surface area contributed by atoms with Crippen LogP contribution in [-0.4, -0.2) is 79.0 Å². The van der Waals surface area contributed by atoms with E-state index in [1.165, 1.54) is 10.1 Å². The van der Waals surface area contributed by atoms with Crippen LogP contribution in [0.3, 0.4) is 0 Å². The maximum atomic E-state index is 10.7. The summed E-state index contributed by atoms with van der Waals surface area (Å²) in [6, 6.07) is 8.41. The molecular formula is C17H24N4O2S. The van der Waals surface area contributed by atoms with Crippen LogP contribution in [0.2, 0.25) is 0 Å². The molecule has 2 fully saturated rings. The zero-order chi connectivity index (χ0) is 16.4. The highest BCUT2D eigenvalue weighted by Crippen LogP contribution is 2.29. The fraction of sp³-hybridized carbons (Fsp3) is 0.588. The third-order valence-electron chi connectivity index (χ3n) is 4.80. The largest absolute Gasteiger partial charge is 0.385 e. The molecule has 0 bridgehead atoms. The highest BCUT2D eigenvalue weighted by molar-refractivity contribution is 7.13. The van der Waals surface area contributed by atoms with Gasteiger partial charge in [-0.25, -0.2) is 0 Å². The van der Waals surface area contributed by atoms with Gasteiger partial charge in [0.25, 0.3) is 0 Å². The summed E-state index contributed by atoms with van der Waals surface area (Å²) in [6.07, 6.45) is 0. The maximum Gasteiger partial charge on any atom is 0.150 e. The average Bonchev–Trinajstić information content (AvgIpc) is 2.91. The number of fused-ring (bicyclic) bond motifs is 1. The number of anilines is 1. The fourth-order valence-corrected chi connectivity index (χ4v) is 4.31. The van der Waals surface area contributed by atoms with Gasteiger partial charge in [-0.3, -0.25) is 4.90 Å². The van der Waals surface area contributed by atoms with E-state index in [4.69, 9.17) is 4.74 Å². The molecule has 2 aliphatic heterocycles. The minimum absolute atomic E-state index is 0.414. The highest BCUT2D eigenvalue weighted by atomic mass is 32.1. The Morgan fingerprint density at radius 1 is 1.25 bits per heavy atom. The minimum Gasteiger partial charge on any atom is -0.385 e. The number of nitrogens with zero attached hydrogens (tertiary/aromatic N) is 3. The second-order valence-electron chi connectivity index (χ2n) is 6.72. The predicted molar refractivity (Wildman–Crippen MR) is 96.9 cm³/mol. The topological polar surface area (TPSA) is 60.9 Å². The number of rotatable bonds is 3. The van der Waals surface area contributed by atoms with Crippen LogP contribution >= 0.6 is 11.5 Å². The molecule has 2 N–H and O–H groups in total.